The molecule has 26 heavy (non-hydrogen) atoms. The summed E-state index contributed by atoms with van der Waals surface area (Å²) in [7, 11) is 0. The lowest BCUT2D eigenvalue weighted by Gasteiger charge is -2.15. The molecule has 0 spiro atoms. The number of nitrogens with zero attached hydrogens (tertiary/aromatic N) is 2. The maximum atomic E-state index is 13.2. The van der Waals surface area contributed by atoms with Crippen molar-refractivity contribution < 1.29 is 9.90 Å². The summed E-state index contributed by atoms with van der Waals surface area (Å²) in [5.41, 5.74) is 1.74. The van der Waals surface area contributed by atoms with Gasteiger partial charge in [-0.3, -0.25) is 14.2 Å². The van der Waals surface area contributed by atoms with Crippen LogP contribution in [0.25, 0.3) is 21.3 Å². The summed E-state index contributed by atoms with van der Waals surface area (Å²) in [5.74, 6) is -0.0727. The predicted molar refractivity (Wildman–Crippen MR) is 108 cm³/mol. The van der Waals surface area contributed by atoms with Gasteiger partial charge in [-0.15, -0.1) is 11.3 Å². The second-order valence-corrected chi connectivity index (χ2v) is 8.19. The van der Waals surface area contributed by atoms with Gasteiger partial charge < -0.3 is 5.11 Å². The molecular weight excluding hydrogens is 416 g/mol. The van der Waals surface area contributed by atoms with Crippen LogP contribution in [0.4, 0.5) is 0 Å². The molecule has 2 heterocycles. The lowest BCUT2D eigenvalue weighted by molar-refractivity contribution is -0.137. The van der Waals surface area contributed by atoms with E-state index in [1.54, 1.807) is 4.57 Å². The van der Waals surface area contributed by atoms with E-state index in [-0.39, 0.29) is 17.9 Å². The topological polar surface area (TPSA) is 72.2 Å². The first-order valence-corrected chi connectivity index (χ1v) is 10.1. The van der Waals surface area contributed by atoms with Gasteiger partial charge in [0.05, 0.1) is 5.39 Å². The van der Waals surface area contributed by atoms with Crippen molar-refractivity contribution in [1.29, 1.82) is 0 Å². The molecule has 0 amide bonds. The number of benzene rings is 1. The van der Waals surface area contributed by atoms with Gasteiger partial charge in [-0.1, -0.05) is 41.9 Å². The number of fused-ring (bicyclic) bond motifs is 1. The number of carbonyl (C=O) groups is 1. The molecule has 0 unspecified atom stereocenters. The fourth-order valence-electron chi connectivity index (χ4n) is 2.93. The van der Waals surface area contributed by atoms with E-state index in [4.69, 9.17) is 10.1 Å². The lowest BCUT2D eigenvalue weighted by atomic mass is 10.1. The number of carboxylic acids is 1. The minimum absolute atomic E-state index is 0.0330. The lowest BCUT2D eigenvalue weighted by Crippen LogP contribution is -2.26. The van der Waals surface area contributed by atoms with E-state index in [2.05, 4.69) is 15.9 Å². The molecule has 0 saturated heterocycles. The van der Waals surface area contributed by atoms with E-state index in [1.165, 1.54) is 11.3 Å². The second-order valence-electron chi connectivity index (χ2n) is 6.42. The molecule has 5 nitrogen and oxygen atoms in total. The number of aliphatic carboxylic acids is 1. The Balaban J connectivity index is 2.15. The van der Waals surface area contributed by atoms with Gasteiger partial charge in [0.1, 0.15) is 10.7 Å². The molecule has 2 aromatic heterocycles. The van der Waals surface area contributed by atoms with E-state index in [0.717, 1.165) is 20.4 Å². The second kappa shape index (κ2) is 7.72. The van der Waals surface area contributed by atoms with Gasteiger partial charge in [-0.2, -0.15) is 0 Å². The minimum atomic E-state index is -0.857. The van der Waals surface area contributed by atoms with Crippen LogP contribution >= 0.6 is 27.3 Å². The molecule has 7 heteroatoms. The highest BCUT2D eigenvalue weighted by atomic mass is 79.9. The molecular formula is C19H19BrN2O3S. The first-order chi connectivity index (χ1) is 12.4. The fraction of sp³-hybridized carbons (Fsp3) is 0.316. The molecule has 3 rings (SSSR count). The number of thiophene rings is 1. The maximum Gasteiger partial charge on any atom is 0.303 e. The molecule has 0 aliphatic rings. The number of aromatic nitrogens is 2. The highest BCUT2D eigenvalue weighted by Crippen LogP contribution is 2.32. The normalized spacial score (nSPS) is 11.4. The minimum Gasteiger partial charge on any atom is -0.481 e. The molecule has 0 bridgehead atoms. The quantitative estimate of drug-likeness (QED) is 0.599. The molecule has 1 N–H and O–H groups in total. The van der Waals surface area contributed by atoms with Gasteiger partial charge >= 0.3 is 5.97 Å². The van der Waals surface area contributed by atoms with Crippen LogP contribution in [0.5, 0.6) is 0 Å². The third-order valence-corrected chi connectivity index (χ3v) is 5.57. The van der Waals surface area contributed by atoms with Crippen LogP contribution in [0.2, 0.25) is 0 Å². The van der Waals surface area contributed by atoms with Gasteiger partial charge in [0, 0.05) is 34.3 Å². The summed E-state index contributed by atoms with van der Waals surface area (Å²) in [6.07, 6.45) is 0.436. The Bertz CT molecular complexity index is 1010. The summed E-state index contributed by atoms with van der Waals surface area (Å²) in [6, 6.07) is 7.83. The van der Waals surface area contributed by atoms with Crippen molar-refractivity contribution in [1.82, 2.24) is 9.55 Å². The molecule has 0 saturated carbocycles. The first-order valence-electron chi connectivity index (χ1n) is 8.38. The average molecular weight is 435 g/mol. The van der Waals surface area contributed by atoms with E-state index < -0.39 is 5.97 Å². The molecule has 3 aromatic rings. The third kappa shape index (κ3) is 3.73. The Kier molecular flexibility index (Phi) is 5.58. The summed E-state index contributed by atoms with van der Waals surface area (Å²) < 4.78 is 2.62. The molecule has 1 aromatic carbocycles. The van der Waals surface area contributed by atoms with Crippen molar-refractivity contribution in [2.24, 2.45) is 0 Å². The van der Waals surface area contributed by atoms with Crippen molar-refractivity contribution in [3.63, 3.8) is 0 Å². The fourth-order valence-corrected chi connectivity index (χ4v) is 4.14. The van der Waals surface area contributed by atoms with E-state index >= 15 is 0 Å². The molecule has 0 aliphatic heterocycles. The molecule has 0 radical (unpaired) electrons. The van der Waals surface area contributed by atoms with Gasteiger partial charge in [0.25, 0.3) is 5.56 Å². The number of hydrogen-bond donors (Lipinski definition) is 1. The Morgan fingerprint density at radius 3 is 2.62 bits per heavy atom. The Morgan fingerprint density at radius 1 is 1.31 bits per heavy atom. The van der Waals surface area contributed by atoms with Crippen molar-refractivity contribution in [3.8, 4) is 11.1 Å². The highest BCUT2D eigenvalue weighted by Gasteiger charge is 2.18. The largest absolute Gasteiger partial charge is 0.481 e. The van der Waals surface area contributed by atoms with Crippen LogP contribution in [-0.2, 0) is 11.3 Å². The van der Waals surface area contributed by atoms with Gasteiger partial charge in [0.15, 0.2) is 0 Å². The van der Waals surface area contributed by atoms with E-state index in [9.17, 15) is 9.59 Å². The smallest absolute Gasteiger partial charge is 0.303 e. The number of carboxylic acid groups (broad SMARTS) is 1. The molecule has 0 fully saturated rings. The van der Waals surface area contributed by atoms with Crippen molar-refractivity contribution in [3.05, 3.63) is 50.3 Å². The maximum absolute atomic E-state index is 13.2. The van der Waals surface area contributed by atoms with Crippen LogP contribution in [0.15, 0.2) is 38.9 Å². The molecule has 136 valence electrons. The Morgan fingerprint density at radius 2 is 2.00 bits per heavy atom. The summed E-state index contributed by atoms with van der Waals surface area (Å²) in [4.78, 5) is 29.5. The first kappa shape index (κ1) is 18.8. The standard InChI is InChI=1S/C19H19BrN2O3S/c1-11(2)17-21-18-16(19(25)22(17)9-3-4-15(23)24)14(10-26-18)12-5-7-13(20)8-6-12/h5-8,10-11H,3-4,9H2,1-2H3,(H,23,24). The predicted octanol–water partition coefficient (Wildman–Crippen LogP) is 4.88. The molecule has 0 aliphatic carbocycles. The Hall–Kier alpha value is -1.99. The number of halogens is 1. The average Bonchev–Trinajstić information content (AvgIpc) is 3.01. The van der Waals surface area contributed by atoms with Crippen molar-refractivity contribution >= 4 is 43.5 Å². The van der Waals surface area contributed by atoms with Gasteiger partial charge in [0.2, 0.25) is 0 Å². The SMILES string of the molecule is CC(C)c1nc2scc(-c3ccc(Br)cc3)c2c(=O)n1CCCC(=O)O. The zero-order valence-corrected chi connectivity index (χ0v) is 16.9. The van der Waals surface area contributed by atoms with Crippen LogP contribution in [0.3, 0.4) is 0 Å². The number of hydrogen-bond acceptors (Lipinski definition) is 4. The van der Waals surface area contributed by atoms with Crippen LogP contribution < -0.4 is 5.56 Å². The molecule has 0 atom stereocenters. The zero-order chi connectivity index (χ0) is 18.8. The number of rotatable bonds is 6. The van der Waals surface area contributed by atoms with Gasteiger partial charge in [-0.05, 0) is 24.1 Å². The van der Waals surface area contributed by atoms with Crippen molar-refractivity contribution in [2.75, 3.05) is 0 Å². The zero-order valence-electron chi connectivity index (χ0n) is 14.5. The van der Waals surface area contributed by atoms with Gasteiger partial charge in [-0.25, -0.2) is 4.98 Å². The van der Waals surface area contributed by atoms with E-state index in [1.807, 2.05) is 43.5 Å². The third-order valence-electron chi connectivity index (χ3n) is 4.17. The van der Waals surface area contributed by atoms with Crippen molar-refractivity contribution in [2.45, 2.75) is 39.2 Å². The van der Waals surface area contributed by atoms with Crippen LogP contribution in [-0.4, -0.2) is 20.6 Å². The van der Waals surface area contributed by atoms with Crippen LogP contribution in [0.1, 0.15) is 38.4 Å². The van der Waals surface area contributed by atoms with Crippen LogP contribution in [0, 0.1) is 0 Å². The summed E-state index contributed by atoms with van der Waals surface area (Å²) >= 11 is 4.89. The summed E-state index contributed by atoms with van der Waals surface area (Å²) in [6.45, 7) is 4.34. The highest BCUT2D eigenvalue weighted by molar-refractivity contribution is 9.10. The monoisotopic (exact) mass is 434 g/mol. The Labute approximate surface area is 163 Å². The summed E-state index contributed by atoms with van der Waals surface area (Å²) in [5, 5.41) is 11.5. The van der Waals surface area contributed by atoms with E-state index in [0.29, 0.717) is 24.2 Å².